The zero-order valence-corrected chi connectivity index (χ0v) is 20.2. The number of ether oxygens (including phenoxy) is 1. The van der Waals surface area contributed by atoms with Crippen molar-refractivity contribution in [2.24, 2.45) is 0 Å². The number of thiazole rings is 1. The number of hydrogen-bond donors (Lipinski definition) is 2. The number of anilines is 1. The molecule has 0 saturated heterocycles. The highest BCUT2D eigenvalue weighted by atomic mass is 32.1. The third-order valence-electron chi connectivity index (χ3n) is 5.41. The van der Waals surface area contributed by atoms with Gasteiger partial charge in [-0.1, -0.05) is 42.0 Å². The van der Waals surface area contributed by atoms with Gasteiger partial charge in [0.1, 0.15) is 0 Å². The second kappa shape index (κ2) is 11.0. The van der Waals surface area contributed by atoms with Crippen LogP contribution in [0.2, 0.25) is 0 Å². The number of para-hydroxylation sites is 1. The average molecular weight is 492 g/mol. The fourth-order valence-electron chi connectivity index (χ4n) is 3.51. The Bertz CT molecular complexity index is 1410. The Morgan fingerprint density at radius 1 is 1.09 bits per heavy atom. The van der Waals surface area contributed by atoms with Gasteiger partial charge in [-0.15, -0.1) is 11.3 Å². The van der Waals surface area contributed by atoms with Gasteiger partial charge in [0.15, 0.2) is 16.5 Å². The van der Waals surface area contributed by atoms with Crippen LogP contribution in [0, 0.1) is 6.92 Å². The number of fused-ring (bicyclic) bond motifs is 1. The molecule has 0 atom stereocenters. The van der Waals surface area contributed by atoms with Gasteiger partial charge >= 0.3 is 5.63 Å². The van der Waals surface area contributed by atoms with Gasteiger partial charge in [-0.05, 0) is 31.0 Å². The zero-order valence-electron chi connectivity index (χ0n) is 19.4. The Labute approximate surface area is 206 Å². The molecule has 9 heteroatoms. The smallest absolute Gasteiger partial charge is 0.345 e. The van der Waals surface area contributed by atoms with Gasteiger partial charge in [0.2, 0.25) is 11.8 Å². The molecule has 0 radical (unpaired) electrons. The molecule has 0 unspecified atom stereocenters. The van der Waals surface area contributed by atoms with Crippen LogP contribution in [-0.2, 0) is 16.0 Å². The van der Waals surface area contributed by atoms with Crippen molar-refractivity contribution >= 4 is 39.3 Å². The molecule has 0 aliphatic carbocycles. The largest absolute Gasteiger partial charge is 0.493 e. The second-order valence-electron chi connectivity index (χ2n) is 8.00. The maximum Gasteiger partial charge on any atom is 0.345 e. The fraction of sp³-hybridized carbons (Fsp3) is 0.231. The van der Waals surface area contributed by atoms with Crippen LogP contribution in [0.3, 0.4) is 0 Å². The molecule has 2 aromatic carbocycles. The lowest BCUT2D eigenvalue weighted by atomic mass is 10.1. The molecule has 2 heterocycles. The SMILES string of the molecule is COc1cccc2cc(-c3csc(NC(=O)CCC(=O)NCCc4ccc(C)cc4)n3)c(=O)oc12. The lowest BCUT2D eigenvalue weighted by molar-refractivity contribution is -0.124. The van der Waals surface area contributed by atoms with Crippen molar-refractivity contribution in [2.45, 2.75) is 26.2 Å². The van der Waals surface area contributed by atoms with Gasteiger partial charge in [0.05, 0.1) is 18.4 Å². The summed E-state index contributed by atoms with van der Waals surface area (Å²) in [4.78, 5) is 41.2. The molecule has 2 aromatic heterocycles. The Hall–Kier alpha value is -3.98. The van der Waals surface area contributed by atoms with Gasteiger partial charge < -0.3 is 19.8 Å². The number of carbonyl (C=O) groups is 2. The van der Waals surface area contributed by atoms with Crippen LogP contribution in [0.4, 0.5) is 5.13 Å². The summed E-state index contributed by atoms with van der Waals surface area (Å²) in [6.07, 6.45) is 0.840. The zero-order chi connectivity index (χ0) is 24.8. The number of nitrogens with zero attached hydrogens (tertiary/aromatic N) is 1. The molecule has 4 aromatic rings. The van der Waals surface area contributed by atoms with E-state index in [1.54, 1.807) is 23.6 Å². The van der Waals surface area contributed by atoms with E-state index in [2.05, 4.69) is 15.6 Å². The minimum absolute atomic E-state index is 0.0309. The molecule has 2 amide bonds. The minimum Gasteiger partial charge on any atom is -0.493 e. The number of hydrogen-bond acceptors (Lipinski definition) is 7. The van der Waals surface area contributed by atoms with Crippen molar-refractivity contribution in [2.75, 3.05) is 19.0 Å². The molecule has 0 fully saturated rings. The van der Waals surface area contributed by atoms with E-state index in [0.717, 1.165) is 12.0 Å². The average Bonchev–Trinajstić information content (AvgIpc) is 3.31. The number of nitrogens with one attached hydrogen (secondary N) is 2. The first-order valence-electron chi connectivity index (χ1n) is 11.1. The van der Waals surface area contributed by atoms with Crippen LogP contribution in [0.5, 0.6) is 5.75 Å². The molecule has 0 spiro atoms. The van der Waals surface area contributed by atoms with Gasteiger partial charge in [-0.2, -0.15) is 0 Å². The van der Waals surface area contributed by atoms with Gasteiger partial charge in [-0.3, -0.25) is 9.59 Å². The number of benzene rings is 2. The highest BCUT2D eigenvalue weighted by Crippen LogP contribution is 2.29. The molecular weight excluding hydrogens is 466 g/mol. The van der Waals surface area contributed by atoms with E-state index in [1.165, 1.54) is 24.0 Å². The normalized spacial score (nSPS) is 10.8. The molecule has 180 valence electrons. The van der Waals surface area contributed by atoms with Crippen molar-refractivity contribution in [3.8, 4) is 17.0 Å². The molecule has 8 nitrogen and oxygen atoms in total. The number of aromatic nitrogens is 1. The first-order valence-corrected chi connectivity index (χ1v) is 12.0. The molecule has 0 aliphatic rings. The van der Waals surface area contributed by atoms with Crippen LogP contribution in [0.25, 0.3) is 22.2 Å². The van der Waals surface area contributed by atoms with Gasteiger partial charge in [0.25, 0.3) is 0 Å². The summed E-state index contributed by atoms with van der Waals surface area (Å²) in [5, 5.41) is 8.23. The van der Waals surface area contributed by atoms with Gasteiger partial charge in [-0.25, -0.2) is 9.78 Å². The summed E-state index contributed by atoms with van der Waals surface area (Å²) in [7, 11) is 1.51. The summed E-state index contributed by atoms with van der Waals surface area (Å²) in [5.74, 6) is -0.0391. The maximum atomic E-state index is 12.5. The van der Waals surface area contributed by atoms with Crippen LogP contribution >= 0.6 is 11.3 Å². The molecule has 0 bridgehead atoms. The molecular formula is C26H25N3O5S. The van der Waals surface area contributed by atoms with E-state index in [1.807, 2.05) is 37.3 Å². The summed E-state index contributed by atoms with van der Waals surface area (Å²) < 4.78 is 10.7. The van der Waals surface area contributed by atoms with Crippen molar-refractivity contribution in [1.29, 1.82) is 0 Å². The number of aryl methyl sites for hydroxylation is 1. The van der Waals surface area contributed by atoms with Crippen LogP contribution < -0.4 is 21.0 Å². The van der Waals surface area contributed by atoms with E-state index >= 15 is 0 Å². The molecule has 0 saturated carbocycles. The molecule has 35 heavy (non-hydrogen) atoms. The third-order valence-corrected chi connectivity index (χ3v) is 6.16. The van der Waals surface area contributed by atoms with E-state index < -0.39 is 5.63 Å². The number of carbonyl (C=O) groups excluding carboxylic acids is 2. The van der Waals surface area contributed by atoms with E-state index in [-0.39, 0.29) is 30.2 Å². The second-order valence-corrected chi connectivity index (χ2v) is 8.86. The molecule has 4 rings (SSSR count). The Morgan fingerprint density at radius 2 is 1.86 bits per heavy atom. The van der Waals surface area contributed by atoms with Crippen LogP contribution in [0.1, 0.15) is 24.0 Å². The van der Waals surface area contributed by atoms with Crippen molar-refractivity contribution < 1.29 is 18.7 Å². The summed E-state index contributed by atoms with van der Waals surface area (Å²) in [6.45, 7) is 2.54. The van der Waals surface area contributed by atoms with Crippen LogP contribution in [-0.4, -0.2) is 30.5 Å². The summed E-state index contributed by atoms with van der Waals surface area (Å²) in [6, 6.07) is 15.2. The van der Waals surface area contributed by atoms with E-state index in [0.29, 0.717) is 34.1 Å². The van der Waals surface area contributed by atoms with E-state index in [9.17, 15) is 14.4 Å². The Morgan fingerprint density at radius 3 is 2.63 bits per heavy atom. The highest BCUT2D eigenvalue weighted by Gasteiger charge is 2.15. The molecule has 2 N–H and O–H groups in total. The third kappa shape index (κ3) is 6.13. The van der Waals surface area contributed by atoms with Crippen molar-refractivity contribution in [1.82, 2.24) is 10.3 Å². The predicted octanol–water partition coefficient (Wildman–Crippen LogP) is 4.31. The monoisotopic (exact) mass is 491 g/mol. The van der Waals surface area contributed by atoms with Gasteiger partial charge in [0, 0.05) is 30.2 Å². The first kappa shape index (κ1) is 24.2. The predicted molar refractivity (Wildman–Crippen MR) is 136 cm³/mol. The summed E-state index contributed by atoms with van der Waals surface area (Å²) >= 11 is 1.19. The maximum absolute atomic E-state index is 12.5. The quantitative estimate of drug-likeness (QED) is 0.338. The standard InChI is InChI=1S/C26H25N3O5S/c1-16-6-8-17(9-7-16)12-13-27-22(30)10-11-23(31)29-26-28-20(15-35-26)19-14-18-4-3-5-21(33-2)24(18)34-25(19)32/h3-9,14-15H,10-13H2,1-2H3,(H,27,30)(H,28,29,31). The Balaban J connectivity index is 1.29. The van der Waals surface area contributed by atoms with Crippen molar-refractivity contribution in [3.05, 3.63) is 75.5 Å². The Kier molecular flexibility index (Phi) is 7.57. The molecule has 0 aliphatic heterocycles. The van der Waals surface area contributed by atoms with Crippen molar-refractivity contribution in [3.63, 3.8) is 0 Å². The number of rotatable bonds is 9. The first-order chi connectivity index (χ1) is 16.9. The number of methoxy groups -OCH3 is 1. The minimum atomic E-state index is -0.549. The lowest BCUT2D eigenvalue weighted by Gasteiger charge is -2.06. The highest BCUT2D eigenvalue weighted by molar-refractivity contribution is 7.14. The number of amides is 2. The lowest BCUT2D eigenvalue weighted by Crippen LogP contribution is -2.26. The fourth-order valence-corrected chi connectivity index (χ4v) is 4.24. The summed E-state index contributed by atoms with van der Waals surface area (Å²) in [5.41, 5.74) is 2.84. The van der Waals surface area contributed by atoms with Crippen LogP contribution in [0.15, 0.2) is 63.1 Å². The topological polar surface area (TPSA) is 111 Å². The van der Waals surface area contributed by atoms with E-state index in [4.69, 9.17) is 9.15 Å².